The van der Waals surface area contributed by atoms with E-state index < -0.39 is 6.04 Å². The molecule has 3 heteroatoms. The number of benzene rings is 3. The minimum absolute atomic E-state index is 0.281. The number of fused-ring (bicyclic) bond motifs is 1. The molecular weight excluding hydrogens is 286 g/mol. The Hall–Kier alpha value is -2.65. The van der Waals surface area contributed by atoms with Gasteiger partial charge in [0.2, 0.25) is 0 Å². The van der Waals surface area contributed by atoms with Crippen molar-refractivity contribution in [2.45, 2.75) is 12.6 Å². The molecule has 3 aromatic rings. The molecule has 0 aliphatic rings. The Labute approximate surface area is 135 Å². The van der Waals surface area contributed by atoms with Gasteiger partial charge < -0.3 is 4.74 Å². The average molecular weight is 305 g/mol. The van der Waals surface area contributed by atoms with Crippen molar-refractivity contribution in [2.24, 2.45) is 0 Å². The maximum absolute atomic E-state index is 12.2. The van der Waals surface area contributed by atoms with E-state index in [0.29, 0.717) is 6.54 Å². The lowest BCUT2D eigenvalue weighted by molar-refractivity contribution is -0.143. The van der Waals surface area contributed by atoms with Crippen LogP contribution in [0.15, 0.2) is 72.8 Å². The summed E-state index contributed by atoms with van der Waals surface area (Å²) < 4.78 is 4.97. The van der Waals surface area contributed by atoms with Gasteiger partial charge in [-0.1, -0.05) is 66.7 Å². The summed E-state index contributed by atoms with van der Waals surface area (Å²) in [6.07, 6.45) is 0. The number of hydrogen-bond donors (Lipinski definition) is 1. The standard InChI is InChI=1S/C20H19NO2/c1-23-20(22)19(21-14-15-7-3-2-4-8-15)18-12-11-16-9-5-6-10-17(16)13-18/h2-13,19,21H,14H2,1H3/t19-/m1/s1. The van der Waals surface area contributed by atoms with Crippen molar-refractivity contribution in [3.05, 3.63) is 83.9 Å². The minimum atomic E-state index is -0.482. The third-order valence-corrected chi connectivity index (χ3v) is 3.90. The predicted octanol–water partition coefficient (Wildman–Crippen LogP) is 3.84. The molecule has 3 rings (SSSR count). The van der Waals surface area contributed by atoms with Crippen LogP contribution in [-0.2, 0) is 16.1 Å². The predicted molar refractivity (Wildman–Crippen MR) is 92.0 cm³/mol. The summed E-state index contributed by atoms with van der Waals surface area (Å²) in [6.45, 7) is 0.605. The summed E-state index contributed by atoms with van der Waals surface area (Å²) in [5, 5.41) is 5.56. The fourth-order valence-electron chi connectivity index (χ4n) is 2.66. The van der Waals surface area contributed by atoms with Crippen LogP contribution in [0.25, 0.3) is 10.8 Å². The zero-order chi connectivity index (χ0) is 16.1. The fraction of sp³-hybridized carbons (Fsp3) is 0.150. The Balaban J connectivity index is 1.86. The molecule has 0 radical (unpaired) electrons. The lowest BCUT2D eigenvalue weighted by Gasteiger charge is -2.17. The first kappa shape index (κ1) is 15.3. The van der Waals surface area contributed by atoms with E-state index in [1.807, 2.05) is 66.7 Å². The van der Waals surface area contributed by atoms with Gasteiger partial charge in [0.15, 0.2) is 0 Å². The molecule has 116 valence electrons. The first-order valence-electron chi connectivity index (χ1n) is 7.62. The van der Waals surface area contributed by atoms with Gasteiger partial charge in [0.1, 0.15) is 6.04 Å². The number of methoxy groups -OCH3 is 1. The van der Waals surface area contributed by atoms with E-state index in [0.717, 1.165) is 21.9 Å². The molecule has 0 fully saturated rings. The van der Waals surface area contributed by atoms with Crippen LogP contribution in [-0.4, -0.2) is 13.1 Å². The normalized spacial score (nSPS) is 12.0. The molecule has 23 heavy (non-hydrogen) atoms. The van der Waals surface area contributed by atoms with E-state index in [9.17, 15) is 4.79 Å². The zero-order valence-corrected chi connectivity index (χ0v) is 13.0. The number of carbonyl (C=O) groups excluding carboxylic acids is 1. The zero-order valence-electron chi connectivity index (χ0n) is 13.0. The maximum atomic E-state index is 12.2. The van der Waals surface area contributed by atoms with Crippen LogP contribution in [0.2, 0.25) is 0 Å². The van der Waals surface area contributed by atoms with Crippen molar-refractivity contribution in [2.75, 3.05) is 7.11 Å². The van der Waals surface area contributed by atoms with E-state index >= 15 is 0 Å². The molecule has 0 spiro atoms. The Morgan fingerprint density at radius 1 is 0.957 bits per heavy atom. The van der Waals surface area contributed by atoms with Crippen molar-refractivity contribution < 1.29 is 9.53 Å². The summed E-state index contributed by atoms with van der Waals surface area (Å²) in [4.78, 5) is 12.2. The molecule has 0 aliphatic carbocycles. The Morgan fingerprint density at radius 3 is 2.39 bits per heavy atom. The van der Waals surface area contributed by atoms with Crippen LogP contribution in [0.4, 0.5) is 0 Å². The van der Waals surface area contributed by atoms with Gasteiger partial charge in [0, 0.05) is 6.54 Å². The monoisotopic (exact) mass is 305 g/mol. The quantitative estimate of drug-likeness (QED) is 0.728. The minimum Gasteiger partial charge on any atom is -0.468 e. The van der Waals surface area contributed by atoms with Crippen LogP contribution in [0.1, 0.15) is 17.2 Å². The number of nitrogens with one attached hydrogen (secondary N) is 1. The lowest BCUT2D eigenvalue weighted by Crippen LogP contribution is -2.29. The second-order valence-corrected chi connectivity index (χ2v) is 5.43. The second kappa shape index (κ2) is 7.07. The van der Waals surface area contributed by atoms with Crippen molar-refractivity contribution in [3.8, 4) is 0 Å². The molecule has 0 saturated carbocycles. The van der Waals surface area contributed by atoms with Crippen molar-refractivity contribution in [3.63, 3.8) is 0 Å². The first-order chi connectivity index (χ1) is 11.3. The highest BCUT2D eigenvalue weighted by Gasteiger charge is 2.21. The molecule has 3 aromatic carbocycles. The maximum Gasteiger partial charge on any atom is 0.327 e. The Morgan fingerprint density at radius 2 is 1.65 bits per heavy atom. The summed E-state index contributed by atoms with van der Waals surface area (Å²) in [6, 6.07) is 23.7. The van der Waals surface area contributed by atoms with Gasteiger partial charge in [-0.2, -0.15) is 0 Å². The second-order valence-electron chi connectivity index (χ2n) is 5.43. The van der Waals surface area contributed by atoms with E-state index in [1.165, 1.54) is 7.11 Å². The van der Waals surface area contributed by atoms with E-state index in [-0.39, 0.29) is 5.97 Å². The highest BCUT2D eigenvalue weighted by molar-refractivity contribution is 5.85. The van der Waals surface area contributed by atoms with Crippen LogP contribution in [0, 0.1) is 0 Å². The summed E-state index contributed by atoms with van der Waals surface area (Å²) in [5.41, 5.74) is 2.04. The van der Waals surface area contributed by atoms with E-state index in [4.69, 9.17) is 4.74 Å². The average Bonchev–Trinajstić information content (AvgIpc) is 2.62. The molecule has 0 unspecified atom stereocenters. The number of ether oxygens (including phenoxy) is 1. The molecule has 0 bridgehead atoms. The number of carbonyl (C=O) groups is 1. The topological polar surface area (TPSA) is 38.3 Å². The van der Waals surface area contributed by atoms with Gasteiger partial charge in [0.25, 0.3) is 0 Å². The van der Waals surface area contributed by atoms with Crippen LogP contribution >= 0.6 is 0 Å². The molecular formula is C20H19NO2. The fourth-order valence-corrected chi connectivity index (χ4v) is 2.66. The Bertz CT molecular complexity index is 799. The lowest BCUT2D eigenvalue weighted by atomic mass is 10.0. The van der Waals surface area contributed by atoms with Crippen molar-refractivity contribution in [1.82, 2.24) is 5.32 Å². The summed E-state index contributed by atoms with van der Waals surface area (Å²) in [7, 11) is 1.42. The van der Waals surface area contributed by atoms with E-state index in [1.54, 1.807) is 0 Å². The van der Waals surface area contributed by atoms with E-state index in [2.05, 4.69) is 11.4 Å². The number of hydrogen-bond acceptors (Lipinski definition) is 3. The number of esters is 1. The van der Waals surface area contributed by atoms with Crippen LogP contribution < -0.4 is 5.32 Å². The first-order valence-corrected chi connectivity index (χ1v) is 7.62. The van der Waals surface area contributed by atoms with Crippen LogP contribution in [0.5, 0.6) is 0 Å². The van der Waals surface area contributed by atoms with Gasteiger partial charge in [0.05, 0.1) is 7.11 Å². The molecule has 3 nitrogen and oxygen atoms in total. The van der Waals surface area contributed by atoms with Crippen molar-refractivity contribution >= 4 is 16.7 Å². The molecule has 1 atom stereocenters. The summed E-state index contributed by atoms with van der Waals surface area (Å²) in [5.74, 6) is -0.281. The Kier molecular flexibility index (Phi) is 4.69. The molecule has 1 N–H and O–H groups in total. The van der Waals surface area contributed by atoms with Crippen LogP contribution in [0.3, 0.4) is 0 Å². The highest BCUT2D eigenvalue weighted by atomic mass is 16.5. The molecule has 0 heterocycles. The highest BCUT2D eigenvalue weighted by Crippen LogP contribution is 2.22. The molecule has 0 aliphatic heterocycles. The molecule has 0 aromatic heterocycles. The molecule has 0 amide bonds. The molecule has 0 saturated heterocycles. The van der Waals surface area contributed by atoms with Crippen molar-refractivity contribution in [1.29, 1.82) is 0 Å². The van der Waals surface area contributed by atoms with Gasteiger partial charge in [-0.25, -0.2) is 4.79 Å². The third-order valence-electron chi connectivity index (χ3n) is 3.90. The van der Waals surface area contributed by atoms with Gasteiger partial charge in [-0.05, 0) is 28.0 Å². The number of rotatable bonds is 5. The summed E-state index contributed by atoms with van der Waals surface area (Å²) >= 11 is 0. The smallest absolute Gasteiger partial charge is 0.327 e. The van der Waals surface area contributed by atoms with Gasteiger partial charge in [-0.3, -0.25) is 5.32 Å². The third kappa shape index (κ3) is 3.58. The largest absolute Gasteiger partial charge is 0.468 e. The van der Waals surface area contributed by atoms with Gasteiger partial charge >= 0.3 is 5.97 Å². The van der Waals surface area contributed by atoms with Gasteiger partial charge in [-0.15, -0.1) is 0 Å². The SMILES string of the molecule is COC(=O)[C@H](NCc1ccccc1)c1ccc2ccccc2c1.